The highest BCUT2D eigenvalue weighted by molar-refractivity contribution is 5.86. The lowest BCUT2D eigenvalue weighted by Gasteiger charge is -2.28. The van der Waals surface area contributed by atoms with E-state index in [9.17, 15) is 9.90 Å². The van der Waals surface area contributed by atoms with Gasteiger partial charge in [0.2, 0.25) is 5.91 Å². The first kappa shape index (κ1) is 14.4. The maximum absolute atomic E-state index is 12.5. The molecule has 1 aromatic carbocycles. The summed E-state index contributed by atoms with van der Waals surface area (Å²) in [5, 5.41) is 16.0. The summed E-state index contributed by atoms with van der Waals surface area (Å²) in [6, 6.07) is 8.08. The molecule has 1 fully saturated rings. The Labute approximate surface area is 125 Å². The number of amides is 1. The first-order valence-corrected chi connectivity index (χ1v) is 8.02. The van der Waals surface area contributed by atoms with Gasteiger partial charge in [-0.3, -0.25) is 4.79 Å². The zero-order valence-electron chi connectivity index (χ0n) is 12.3. The second kappa shape index (κ2) is 6.48. The highest BCUT2D eigenvalue weighted by Gasteiger charge is 2.27. The van der Waals surface area contributed by atoms with Gasteiger partial charge in [0, 0.05) is 18.8 Å². The normalized spacial score (nSPS) is 28.3. The van der Waals surface area contributed by atoms with Gasteiger partial charge in [0.05, 0.1) is 12.0 Å². The second-order valence-electron chi connectivity index (χ2n) is 6.27. The molecule has 1 amide bonds. The van der Waals surface area contributed by atoms with E-state index in [4.69, 9.17) is 0 Å². The molecule has 4 heteroatoms. The fraction of sp³-hybridized carbons (Fsp3) is 0.588. The third-order valence-corrected chi connectivity index (χ3v) is 4.78. The van der Waals surface area contributed by atoms with Gasteiger partial charge in [-0.2, -0.15) is 0 Å². The molecular weight excluding hydrogens is 264 g/mol. The summed E-state index contributed by atoms with van der Waals surface area (Å²) in [6.07, 6.45) is 4.50. The minimum Gasteiger partial charge on any atom is -0.393 e. The molecule has 21 heavy (non-hydrogen) atoms. The fourth-order valence-electron chi connectivity index (χ4n) is 3.46. The van der Waals surface area contributed by atoms with E-state index in [0.717, 1.165) is 56.4 Å². The van der Waals surface area contributed by atoms with Gasteiger partial charge in [-0.1, -0.05) is 18.2 Å². The third-order valence-electron chi connectivity index (χ3n) is 4.78. The molecule has 0 saturated heterocycles. The number of benzene rings is 1. The largest absolute Gasteiger partial charge is 0.393 e. The molecule has 1 heterocycles. The monoisotopic (exact) mass is 288 g/mol. The van der Waals surface area contributed by atoms with E-state index in [0.29, 0.717) is 5.92 Å². The Kier molecular flexibility index (Phi) is 4.44. The first-order chi connectivity index (χ1) is 10.2. The van der Waals surface area contributed by atoms with Gasteiger partial charge in [0.25, 0.3) is 0 Å². The van der Waals surface area contributed by atoms with Crippen molar-refractivity contribution >= 4 is 11.6 Å². The van der Waals surface area contributed by atoms with Crippen molar-refractivity contribution < 1.29 is 9.90 Å². The maximum atomic E-state index is 12.5. The van der Waals surface area contributed by atoms with Crippen LogP contribution in [0.5, 0.6) is 0 Å². The Morgan fingerprint density at radius 3 is 2.76 bits per heavy atom. The van der Waals surface area contributed by atoms with Crippen LogP contribution in [0.2, 0.25) is 0 Å². The van der Waals surface area contributed by atoms with Gasteiger partial charge in [-0.05, 0) is 49.7 Å². The van der Waals surface area contributed by atoms with Crippen LogP contribution in [0.15, 0.2) is 24.3 Å². The van der Waals surface area contributed by atoms with E-state index in [1.807, 2.05) is 24.3 Å². The molecule has 2 aliphatic rings. The van der Waals surface area contributed by atoms with Crippen molar-refractivity contribution in [2.75, 3.05) is 18.4 Å². The Hall–Kier alpha value is -1.55. The number of carbonyl (C=O) groups is 1. The van der Waals surface area contributed by atoms with Crippen LogP contribution in [-0.4, -0.2) is 30.2 Å². The molecule has 1 aromatic rings. The summed E-state index contributed by atoms with van der Waals surface area (Å²) in [4.78, 5) is 12.5. The molecule has 1 saturated carbocycles. The number of anilines is 1. The van der Waals surface area contributed by atoms with Crippen molar-refractivity contribution in [3.63, 3.8) is 0 Å². The number of nitrogens with one attached hydrogen (secondary N) is 2. The van der Waals surface area contributed by atoms with Crippen molar-refractivity contribution in [2.45, 2.75) is 44.1 Å². The number of carbonyl (C=O) groups excluding carboxylic acids is 1. The van der Waals surface area contributed by atoms with Crippen LogP contribution in [-0.2, 0) is 4.79 Å². The van der Waals surface area contributed by atoms with E-state index in [2.05, 4.69) is 10.6 Å². The quantitative estimate of drug-likeness (QED) is 0.799. The molecule has 3 rings (SSSR count). The average molecular weight is 288 g/mol. The van der Waals surface area contributed by atoms with E-state index < -0.39 is 0 Å². The molecular formula is C17H24N2O2. The van der Waals surface area contributed by atoms with Gasteiger partial charge >= 0.3 is 0 Å². The van der Waals surface area contributed by atoms with Crippen molar-refractivity contribution in [1.82, 2.24) is 5.32 Å². The standard InChI is InChI=1S/C17H24N2O2/c20-13-7-5-12(6-8-13)11-19-17(21)15-9-10-18-16-4-2-1-3-14(15)16/h1-4,12-13,15,18,20H,5-11H2,(H,19,21). The summed E-state index contributed by atoms with van der Waals surface area (Å²) in [5.74, 6) is 0.640. The van der Waals surface area contributed by atoms with E-state index >= 15 is 0 Å². The van der Waals surface area contributed by atoms with E-state index in [1.165, 1.54) is 0 Å². The maximum Gasteiger partial charge on any atom is 0.227 e. The molecule has 3 N–H and O–H groups in total. The highest BCUT2D eigenvalue weighted by Crippen LogP contribution is 2.31. The SMILES string of the molecule is O=C(NCC1CCC(O)CC1)C1CCNc2ccccc21. The molecule has 114 valence electrons. The first-order valence-electron chi connectivity index (χ1n) is 8.02. The van der Waals surface area contributed by atoms with Crippen LogP contribution in [0.25, 0.3) is 0 Å². The smallest absolute Gasteiger partial charge is 0.227 e. The zero-order chi connectivity index (χ0) is 14.7. The lowest BCUT2D eigenvalue weighted by molar-refractivity contribution is -0.123. The molecule has 0 aromatic heterocycles. The van der Waals surface area contributed by atoms with E-state index in [-0.39, 0.29) is 17.9 Å². The van der Waals surface area contributed by atoms with Crippen molar-refractivity contribution in [1.29, 1.82) is 0 Å². The second-order valence-corrected chi connectivity index (χ2v) is 6.27. The number of hydrogen-bond acceptors (Lipinski definition) is 3. The lowest BCUT2D eigenvalue weighted by Crippen LogP contribution is -2.37. The Morgan fingerprint density at radius 2 is 1.95 bits per heavy atom. The van der Waals surface area contributed by atoms with Crippen LogP contribution in [0.1, 0.15) is 43.6 Å². The average Bonchev–Trinajstić information content (AvgIpc) is 2.53. The number of aliphatic hydroxyl groups is 1. The molecule has 1 aliphatic carbocycles. The third kappa shape index (κ3) is 3.38. The molecule has 4 nitrogen and oxygen atoms in total. The molecule has 0 bridgehead atoms. The zero-order valence-corrected chi connectivity index (χ0v) is 12.3. The van der Waals surface area contributed by atoms with Crippen molar-refractivity contribution in [3.8, 4) is 0 Å². The minimum atomic E-state index is -0.131. The summed E-state index contributed by atoms with van der Waals surface area (Å²) >= 11 is 0. The number of aliphatic hydroxyl groups excluding tert-OH is 1. The molecule has 0 spiro atoms. The van der Waals surface area contributed by atoms with Crippen LogP contribution in [0.3, 0.4) is 0 Å². The Morgan fingerprint density at radius 1 is 1.19 bits per heavy atom. The fourth-order valence-corrected chi connectivity index (χ4v) is 3.46. The van der Waals surface area contributed by atoms with Gasteiger partial charge in [-0.15, -0.1) is 0 Å². The predicted molar refractivity (Wildman–Crippen MR) is 83.3 cm³/mol. The number of hydrogen-bond donors (Lipinski definition) is 3. The molecule has 1 aliphatic heterocycles. The molecule has 0 radical (unpaired) electrons. The Bertz CT molecular complexity index is 495. The summed E-state index contributed by atoms with van der Waals surface area (Å²) in [6.45, 7) is 1.60. The van der Waals surface area contributed by atoms with Gasteiger partial charge in [0.1, 0.15) is 0 Å². The van der Waals surface area contributed by atoms with E-state index in [1.54, 1.807) is 0 Å². The summed E-state index contributed by atoms with van der Waals surface area (Å²) in [7, 11) is 0. The predicted octanol–water partition coefficient (Wildman–Crippen LogP) is 2.25. The number of para-hydroxylation sites is 1. The van der Waals surface area contributed by atoms with Crippen molar-refractivity contribution in [3.05, 3.63) is 29.8 Å². The van der Waals surface area contributed by atoms with Crippen LogP contribution < -0.4 is 10.6 Å². The van der Waals surface area contributed by atoms with Gasteiger partial charge in [-0.25, -0.2) is 0 Å². The molecule has 1 atom stereocenters. The number of fused-ring (bicyclic) bond motifs is 1. The minimum absolute atomic E-state index is 0.0309. The van der Waals surface area contributed by atoms with Crippen LogP contribution in [0.4, 0.5) is 5.69 Å². The lowest BCUT2D eigenvalue weighted by atomic mass is 9.86. The number of rotatable bonds is 3. The summed E-state index contributed by atoms with van der Waals surface area (Å²) < 4.78 is 0. The van der Waals surface area contributed by atoms with Gasteiger partial charge in [0.15, 0.2) is 0 Å². The van der Waals surface area contributed by atoms with Crippen LogP contribution in [0, 0.1) is 5.92 Å². The highest BCUT2D eigenvalue weighted by atomic mass is 16.3. The Balaban J connectivity index is 1.57. The van der Waals surface area contributed by atoms with Gasteiger partial charge < -0.3 is 15.7 Å². The van der Waals surface area contributed by atoms with Crippen molar-refractivity contribution in [2.24, 2.45) is 5.92 Å². The summed E-state index contributed by atoms with van der Waals surface area (Å²) in [5.41, 5.74) is 2.20. The molecule has 1 unspecified atom stereocenters. The topological polar surface area (TPSA) is 61.4 Å². The van der Waals surface area contributed by atoms with Crippen LogP contribution >= 0.6 is 0 Å².